The molecule has 166 valence electrons. The Morgan fingerprint density at radius 1 is 0.788 bits per heavy atom. The van der Waals surface area contributed by atoms with Crippen molar-refractivity contribution in [3.63, 3.8) is 0 Å². The molecule has 0 heterocycles. The number of hydrogen-bond donors (Lipinski definition) is 0. The van der Waals surface area contributed by atoms with Crippen molar-refractivity contribution in [1.82, 2.24) is 0 Å². The van der Waals surface area contributed by atoms with E-state index in [-0.39, 0.29) is 0 Å². The number of carbonyl (C=O) groups is 2. The maximum absolute atomic E-state index is 13.3. The van der Waals surface area contributed by atoms with Gasteiger partial charge in [-0.3, -0.25) is 19.7 Å². The van der Waals surface area contributed by atoms with Crippen LogP contribution in [0.2, 0.25) is 0 Å². The van der Waals surface area contributed by atoms with E-state index in [1.807, 2.05) is 79.7 Å². The van der Waals surface area contributed by atoms with Crippen LogP contribution >= 0.6 is 0 Å². The molecule has 1 atom stereocenters. The largest absolute Gasteiger partial charge is 0.294 e. The molecule has 3 rings (SSSR count). The minimum absolute atomic E-state index is 0.464. The van der Waals surface area contributed by atoms with Gasteiger partial charge in [-0.2, -0.15) is 0 Å². The Bertz CT molecular complexity index is 1090. The monoisotopic (exact) mass is 439 g/mol. The van der Waals surface area contributed by atoms with E-state index in [4.69, 9.17) is 0 Å². The van der Waals surface area contributed by atoms with E-state index < -0.39 is 34.9 Å². The molecule has 5 nitrogen and oxygen atoms in total. The number of nitro groups is 1. The second kappa shape index (κ2) is 11.5. The van der Waals surface area contributed by atoms with E-state index in [0.717, 1.165) is 16.7 Å². The Morgan fingerprint density at radius 2 is 1.24 bits per heavy atom. The number of aryl methyl sites for hydroxylation is 1. The van der Waals surface area contributed by atoms with Crippen LogP contribution in [0.4, 0.5) is 0 Å². The molecule has 0 radical (unpaired) electrons. The van der Waals surface area contributed by atoms with Crippen LogP contribution in [0.5, 0.6) is 0 Å². The van der Waals surface area contributed by atoms with Crippen molar-refractivity contribution < 1.29 is 14.5 Å². The maximum atomic E-state index is 13.3. The first-order valence-corrected chi connectivity index (χ1v) is 10.7. The first-order chi connectivity index (χ1) is 15.9. The summed E-state index contributed by atoms with van der Waals surface area (Å²) >= 11 is 0. The van der Waals surface area contributed by atoms with Crippen molar-refractivity contribution in [2.24, 2.45) is 5.92 Å². The van der Waals surface area contributed by atoms with Gasteiger partial charge in [-0.25, -0.2) is 0 Å². The van der Waals surface area contributed by atoms with Crippen molar-refractivity contribution >= 4 is 23.7 Å². The van der Waals surface area contributed by atoms with E-state index in [9.17, 15) is 19.7 Å². The van der Waals surface area contributed by atoms with Gasteiger partial charge < -0.3 is 0 Å². The fourth-order valence-electron chi connectivity index (χ4n) is 3.61. The van der Waals surface area contributed by atoms with Crippen molar-refractivity contribution in [2.45, 2.75) is 12.8 Å². The molecule has 0 saturated carbocycles. The summed E-state index contributed by atoms with van der Waals surface area (Å²) in [6.07, 6.45) is 5.94. The molecule has 3 aromatic rings. The van der Waals surface area contributed by atoms with Gasteiger partial charge in [0.25, 0.3) is 0 Å². The summed E-state index contributed by atoms with van der Waals surface area (Å²) in [5.41, 5.74) is 3.18. The third kappa shape index (κ3) is 6.94. The van der Waals surface area contributed by atoms with Gasteiger partial charge in [0, 0.05) is 4.92 Å². The highest BCUT2D eigenvalue weighted by Crippen LogP contribution is 2.29. The third-order valence-electron chi connectivity index (χ3n) is 5.35. The zero-order valence-corrected chi connectivity index (χ0v) is 18.3. The maximum Gasteiger partial charge on any atom is 0.211 e. The van der Waals surface area contributed by atoms with Gasteiger partial charge in [0.1, 0.15) is 0 Å². The van der Waals surface area contributed by atoms with E-state index in [0.29, 0.717) is 5.56 Å². The lowest BCUT2D eigenvalue weighted by atomic mass is 9.79. The van der Waals surface area contributed by atoms with Gasteiger partial charge >= 0.3 is 0 Å². The summed E-state index contributed by atoms with van der Waals surface area (Å²) in [4.78, 5) is 37.6. The van der Waals surface area contributed by atoms with Crippen LogP contribution in [-0.2, 0) is 9.59 Å². The Balaban J connectivity index is 1.99. The van der Waals surface area contributed by atoms with E-state index in [1.165, 1.54) is 12.2 Å². The minimum atomic E-state index is -1.21. The standard InChI is InChI=1S/C28H25NO4/c1-21-12-16-24(17-13-21)25(20-29(32)33)28(26(30)18-14-22-8-4-2-5-9-22)27(31)19-15-23-10-6-3-7-11-23/h2-19,25,28H,20H2,1H3/b18-14+,19-15+/t25-/m0/s1. The van der Waals surface area contributed by atoms with E-state index >= 15 is 0 Å². The molecule has 0 N–H and O–H groups in total. The summed E-state index contributed by atoms with van der Waals surface area (Å²) in [5.74, 6) is -3.03. The van der Waals surface area contributed by atoms with Crippen molar-refractivity contribution in [2.75, 3.05) is 6.54 Å². The summed E-state index contributed by atoms with van der Waals surface area (Å²) in [7, 11) is 0. The van der Waals surface area contributed by atoms with Crippen LogP contribution in [0, 0.1) is 23.0 Å². The fourth-order valence-corrected chi connectivity index (χ4v) is 3.61. The molecule has 33 heavy (non-hydrogen) atoms. The fraction of sp³-hybridized carbons (Fsp3) is 0.143. The Hall–Kier alpha value is -4.12. The Morgan fingerprint density at radius 3 is 1.67 bits per heavy atom. The molecule has 3 aromatic carbocycles. The zero-order valence-electron chi connectivity index (χ0n) is 18.3. The second-order valence-electron chi connectivity index (χ2n) is 7.80. The molecule has 0 unspecified atom stereocenters. The summed E-state index contributed by atoms with van der Waals surface area (Å²) < 4.78 is 0. The normalized spacial score (nSPS) is 12.3. The molecule has 0 fully saturated rings. The first-order valence-electron chi connectivity index (χ1n) is 10.7. The van der Waals surface area contributed by atoms with Crippen molar-refractivity contribution in [3.8, 4) is 0 Å². The Labute approximate surface area is 193 Å². The lowest BCUT2D eigenvalue weighted by Gasteiger charge is -2.21. The number of benzene rings is 3. The van der Waals surface area contributed by atoms with E-state index in [1.54, 1.807) is 24.3 Å². The van der Waals surface area contributed by atoms with Gasteiger partial charge in [0.15, 0.2) is 11.6 Å². The van der Waals surface area contributed by atoms with Gasteiger partial charge in [-0.15, -0.1) is 0 Å². The molecule has 5 heteroatoms. The molecule has 0 bridgehead atoms. The predicted octanol–water partition coefficient (Wildman–Crippen LogP) is 5.54. The lowest BCUT2D eigenvalue weighted by molar-refractivity contribution is -0.484. The highest BCUT2D eigenvalue weighted by atomic mass is 16.6. The number of rotatable bonds is 10. The van der Waals surface area contributed by atoms with Crippen LogP contribution in [0.15, 0.2) is 97.1 Å². The van der Waals surface area contributed by atoms with Gasteiger partial charge in [0.05, 0.1) is 11.8 Å². The number of carbonyl (C=O) groups excluding carboxylic acids is 2. The predicted molar refractivity (Wildman–Crippen MR) is 130 cm³/mol. The van der Waals surface area contributed by atoms with E-state index in [2.05, 4.69) is 0 Å². The second-order valence-corrected chi connectivity index (χ2v) is 7.80. The molecule has 0 aliphatic heterocycles. The number of hydrogen-bond acceptors (Lipinski definition) is 4. The molecular weight excluding hydrogens is 414 g/mol. The van der Waals surface area contributed by atoms with Crippen LogP contribution < -0.4 is 0 Å². The van der Waals surface area contributed by atoms with Gasteiger partial charge in [0.2, 0.25) is 6.54 Å². The SMILES string of the molecule is Cc1ccc([C@H](C[N+](=O)[O-])C(C(=O)/C=C/c2ccccc2)C(=O)/C=C/c2ccccc2)cc1. The van der Waals surface area contributed by atoms with Gasteiger partial charge in [-0.1, -0.05) is 103 Å². The number of nitrogens with zero attached hydrogens (tertiary/aromatic N) is 1. The molecule has 0 aliphatic carbocycles. The first kappa shape index (κ1) is 23.5. The molecule has 0 spiro atoms. The zero-order chi connectivity index (χ0) is 23.6. The van der Waals surface area contributed by atoms with Crippen LogP contribution in [0.25, 0.3) is 12.2 Å². The minimum Gasteiger partial charge on any atom is -0.294 e. The molecule has 0 aromatic heterocycles. The molecule has 0 aliphatic rings. The molecular formula is C28H25NO4. The Kier molecular flexibility index (Phi) is 8.19. The quantitative estimate of drug-likeness (QED) is 0.180. The molecule has 0 saturated heterocycles. The summed E-state index contributed by atoms with van der Waals surface area (Å²) in [5, 5.41) is 11.5. The number of allylic oxidation sites excluding steroid dienone is 2. The van der Waals surface area contributed by atoms with Crippen LogP contribution in [0.3, 0.4) is 0 Å². The van der Waals surface area contributed by atoms with Crippen molar-refractivity contribution in [1.29, 1.82) is 0 Å². The van der Waals surface area contributed by atoms with Crippen molar-refractivity contribution in [3.05, 3.63) is 129 Å². The molecule has 0 amide bonds. The third-order valence-corrected chi connectivity index (χ3v) is 5.35. The topological polar surface area (TPSA) is 77.3 Å². The average Bonchev–Trinajstić information content (AvgIpc) is 2.82. The summed E-state index contributed by atoms with van der Waals surface area (Å²) in [6.45, 7) is 1.38. The van der Waals surface area contributed by atoms with Gasteiger partial charge in [-0.05, 0) is 35.8 Å². The van der Waals surface area contributed by atoms with Crippen LogP contribution in [-0.4, -0.2) is 23.0 Å². The smallest absolute Gasteiger partial charge is 0.211 e. The van der Waals surface area contributed by atoms with Crippen LogP contribution in [0.1, 0.15) is 28.2 Å². The highest BCUT2D eigenvalue weighted by molar-refractivity contribution is 6.14. The lowest BCUT2D eigenvalue weighted by Crippen LogP contribution is -2.32. The average molecular weight is 440 g/mol. The summed E-state index contributed by atoms with van der Waals surface area (Å²) in [6, 6.07) is 25.6. The highest BCUT2D eigenvalue weighted by Gasteiger charge is 2.36. The number of ketones is 2.